The number of carbonyl (C=O) groups is 1. The van der Waals surface area contributed by atoms with Gasteiger partial charge in [-0.2, -0.15) is 0 Å². The van der Waals surface area contributed by atoms with Gasteiger partial charge < -0.3 is 10.1 Å². The van der Waals surface area contributed by atoms with Crippen LogP contribution >= 0.6 is 0 Å². The number of hydrogen-bond acceptors (Lipinski definition) is 2. The lowest BCUT2D eigenvalue weighted by Crippen LogP contribution is -2.23. The molecule has 0 bridgehead atoms. The molecule has 1 heterocycles. The maximum absolute atomic E-state index is 11.9. The smallest absolute Gasteiger partial charge is 0.229 e. The SMILES string of the molecule is Cc1ccc(NC(=O)C2CCOC2)c(C)c1. The molecule has 1 unspecified atom stereocenters. The summed E-state index contributed by atoms with van der Waals surface area (Å²) in [6.45, 7) is 5.30. The molecule has 3 nitrogen and oxygen atoms in total. The van der Waals surface area contributed by atoms with Gasteiger partial charge in [0.05, 0.1) is 12.5 Å². The van der Waals surface area contributed by atoms with Crippen molar-refractivity contribution >= 4 is 11.6 Å². The molecule has 86 valence electrons. The number of nitrogens with one attached hydrogen (secondary N) is 1. The molecule has 1 aliphatic rings. The van der Waals surface area contributed by atoms with Gasteiger partial charge >= 0.3 is 0 Å². The summed E-state index contributed by atoms with van der Waals surface area (Å²) in [7, 11) is 0. The fourth-order valence-electron chi connectivity index (χ4n) is 1.93. The third kappa shape index (κ3) is 2.42. The van der Waals surface area contributed by atoms with Crippen LogP contribution in [0.15, 0.2) is 18.2 Å². The largest absolute Gasteiger partial charge is 0.381 e. The predicted molar refractivity (Wildman–Crippen MR) is 63.5 cm³/mol. The monoisotopic (exact) mass is 219 g/mol. The van der Waals surface area contributed by atoms with E-state index in [1.54, 1.807) is 0 Å². The van der Waals surface area contributed by atoms with Crippen molar-refractivity contribution in [3.8, 4) is 0 Å². The van der Waals surface area contributed by atoms with Crippen molar-refractivity contribution in [1.82, 2.24) is 0 Å². The van der Waals surface area contributed by atoms with E-state index in [9.17, 15) is 4.79 Å². The molecule has 3 heteroatoms. The van der Waals surface area contributed by atoms with Crippen LogP contribution in [0.25, 0.3) is 0 Å². The molecule has 0 aliphatic carbocycles. The second kappa shape index (κ2) is 4.66. The van der Waals surface area contributed by atoms with Crippen LogP contribution in [0.4, 0.5) is 5.69 Å². The van der Waals surface area contributed by atoms with Gasteiger partial charge in [-0.15, -0.1) is 0 Å². The summed E-state index contributed by atoms with van der Waals surface area (Å²) in [4.78, 5) is 11.9. The van der Waals surface area contributed by atoms with Crippen molar-refractivity contribution in [1.29, 1.82) is 0 Å². The highest BCUT2D eigenvalue weighted by Crippen LogP contribution is 2.19. The van der Waals surface area contributed by atoms with E-state index >= 15 is 0 Å². The normalized spacial score (nSPS) is 19.8. The van der Waals surface area contributed by atoms with Crippen molar-refractivity contribution in [2.24, 2.45) is 5.92 Å². The first kappa shape index (κ1) is 11.1. The fourth-order valence-corrected chi connectivity index (χ4v) is 1.93. The van der Waals surface area contributed by atoms with E-state index in [-0.39, 0.29) is 11.8 Å². The maximum atomic E-state index is 11.9. The summed E-state index contributed by atoms with van der Waals surface area (Å²) in [5.74, 6) is 0.0881. The maximum Gasteiger partial charge on any atom is 0.229 e. The van der Waals surface area contributed by atoms with Crippen LogP contribution in [0.1, 0.15) is 17.5 Å². The second-order valence-electron chi connectivity index (χ2n) is 4.37. The van der Waals surface area contributed by atoms with Gasteiger partial charge in [0.2, 0.25) is 5.91 Å². The van der Waals surface area contributed by atoms with Gasteiger partial charge in [-0.1, -0.05) is 17.7 Å². The molecule has 1 aliphatic heterocycles. The third-order valence-corrected chi connectivity index (χ3v) is 2.94. The minimum absolute atomic E-state index is 0.0145. The van der Waals surface area contributed by atoms with E-state index in [0.29, 0.717) is 13.2 Å². The molecule has 1 N–H and O–H groups in total. The molecule has 1 fully saturated rings. The molecular formula is C13H17NO2. The van der Waals surface area contributed by atoms with Crippen molar-refractivity contribution in [3.05, 3.63) is 29.3 Å². The van der Waals surface area contributed by atoms with E-state index in [1.165, 1.54) is 5.56 Å². The standard InChI is InChI=1S/C13H17NO2/c1-9-3-4-12(10(2)7-9)14-13(15)11-5-6-16-8-11/h3-4,7,11H,5-6,8H2,1-2H3,(H,14,15). The Hall–Kier alpha value is -1.35. The Labute approximate surface area is 95.8 Å². The van der Waals surface area contributed by atoms with Crippen LogP contribution in [0.3, 0.4) is 0 Å². The average molecular weight is 219 g/mol. The van der Waals surface area contributed by atoms with Gasteiger partial charge in [0.15, 0.2) is 0 Å². The summed E-state index contributed by atoms with van der Waals surface area (Å²) in [5, 5.41) is 2.96. The zero-order chi connectivity index (χ0) is 11.5. The molecule has 16 heavy (non-hydrogen) atoms. The first-order valence-corrected chi connectivity index (χ1v) is 5.62. The molecule has 2 rings (SSSR count). The third-order valence-electron chi connectivity index (χ3n) is 2.94. The van der Waals surface area contributed by atoms with Crippen molar-refractivity contribution in [2.45, 2.75) is 20.3 Å². The van der Waals surface area contributed by atoms with Crippen LogP contribution in [0.5, 0.6) is 0 Å². The summed E-state index contributed by atoms with van der Waals surface area (Å²) >= 11 is 0. The molecule has 0 saturated carbocycles. The first-order chi connectivity index (χ1) is 7.66. The Morgan fingerprint density at radius 3 is 2.88 bits per heavy atom. The first-order valence-electron chi connectivity index (χ1n) is 5.62. The van der Waals surface area contributed by atoms with Crippen LogP contribution in [0, 0.1) is 19.8 Å². The zero-order valence-corrected chi connectivity index (χ0v) is 9.75. The molecule has 1 saturated heterocycles. The Morgan fingerprint density at radius 1 is 1.44 bits per heavy atom. The molecule has 1 atom stereocenters. The van der Waals surface area contributed by atoms with Gasteiger partial charge in [-0.25, -0.2) is 0 Å². The van der Waals surface area contributed by atoms with Crippen molar-refractivity contribution < 1.29 is 9.53 Å². The highest BCUT2D eigenvalue weighted by Gasteiger charge is 2.23. The van der Waals surface area contributed by atoms with Gasteiger partial charge in [0.25, 0.3) is 0 Å². The number of hydrogen-bond donors (Lipinski definition) is 1. The lowest BCUT2D eigenvalue weighted by molar-refractivity contribution is -0.119. The number of ether oxygens (including phenoxy) is 1. The van der Waals surface area contributed by atoms with E-state index in [4.69, 9.17) is 4.74 Å². The van der Waals surface area contributed by atoms with E-state index < -0.39 is 0 Å². The molecule has 1 aromatic rings. The Kier molecular flexibility index (Phi) is 3.25. The summed E-state index contributed by atoms with van der Waals surface area (Å²) in [6, 6.07) is 6.03. The average Bonchev–Trinajstić information content (AvgIpc) is 2.75. The van der Waals surface area contributed by atoms with Gasteiger partial charge in [0.1, 0.15) is 0 Å². The van der Waals surface area contributed by atoms with E-state index in [2.05, 4.69) is 11.4 Å². The van der Waals surface area contributed by atoms with Crippen LogP contribution in [-0.4, -0.2) is 19.1 Å². The quantitative estimate of drug-likeness (QED) is 0.828. The lowest BCUT2D eigenvalue weighted by Gasteiger charge is -2.11. The second-order valence-corrected chi connectivity index (χ2v) is 4.37. The fraction of sp³-hybridized carbons (Fsp3) is 0.462. The Balaban J connectivity index is 2.05. The van der Waals surface area contributed by atoms with Crippen LogP contribution in [0.2, 0.25) is 0 Å². The number of aryl methyl sites for hydroxylation is 2. The molecule has 1 aromatic carbocycles. The summed E-state index contributed by atoms with van der Waals surface area (Å²) in [5.41, 5.74) is 3.22. The molecule has 0 radical (unpaired) electrons. The lowest BCUT2D eigenvalue weighted by atomic mass is 10.1. The highest BCUT2D eigenvalue weighted by molar-refractivity contribution is 5.93. The van der Waals surface area contributed by atoms with Gasteiger partial charge in [-0.3, -0.25) is 4.79 Å². The molecule has 1 amide bonds. The number of amides is 1. The molecular weight excluding hydrogens is 202 g/mol. The molecule has 0 spiro atoms. The number of carbonyl (C=O) groups excluding carboxylic acids is 1. The van der Waals surface area contributed by atoms with E-state index in [1.807, 2.05) is 26.0 Å². The molecule has 0 aromatic heterocycles. The van der Waals surface area contributed by atoms with Crippen LogP contribution in [-0.2, 0) is 9.53 Å². The van der Waals surface area contributed by atoms with Crippen molar-refractivity contribution in [3.63, 3.8) is 0 Å². The van der Waals surface area contributed by atoms with Gasteiger partial charge in [0, 0.05) is 12.3 Å². The number of rotatable bonds is 2. The number of anilines is 1. The predicted octanol–water partition coefficient (Wildman–Crippen LogP) is 2.28. The van der Waals surface area contributed by atoms with E-state index in [0.717, 1.165) is 17.7 Å². The Bertz CT molecular complexity index is 395. The number of benzene rings is 1. The minimum atomic E-state index is 0.0145. The summed E-state index contributed by atoms with van der Waals surface area (Å²) in [6.07, 6.45) is 0.830. The highest BCUT2D eigenvalue weighted by atomic mass is 16.5. The van der Waals surface area contributed by atoms with Crippen LogP contribution < -0.4 is 5.32 Å². The summed E-state index contributed by atoms with van der Waals surface area (Å²) < 4.78 is 5.20. The zero-order valence-electron chi connectivity index (χ0n) is 9.75. The van der Waals surface area contributed by atoms with Gasteiger partial charge in [-0.05, 0) is 31.9 Å². The topological polar surface area (TPSA) is 38.3 Å². The van der Waals surface area contributed by atoms with Crippen molar-refractivity contribution in [2.75, 3.05) is 18.5 Å². The minimum Gasteiger partial charge on any atom is -0.381 e. The Morgan fingerprint density at radius 2 is 2.25 bits per heavy atom.